The number of rotatable bonds is 0. The van der Waals surface area contributed by atoms with Crippen LogP contribution in [-0.2, 0) is 24.4 Å². The van der Waals surface area contributed by atoms with Crippen LogP contribution in [0.1, 0.15) is 0 Å². The van der Waals surface area contributed by atoms with Crippen molar-refractivity contribution in [1.82, 2.24) is 0 Å². The maximum atomic E-state index is 8.53. The Labute approximate surface area is 136 Å². The summed E-state index contributed by atoms with van der Waals surface area (Å²) in [6.07, 6.45) is 0. The number of hydrogen-bond acceptors (Lipinski definition) is 10. The minimum absolute atomic E-state index is 0. The van der Waals surface area contributed by atoms with Gasteiger partial charge in [-0.25, -0.2) is 0 Å². The molecule has 0 heterocycles. The molecule has 11 nitrogen and oxygen atoms in total. The molecule has 1 radical (unpaired) electrons. The van der Waals surface area contributed by atoms with E-state index in [1.807, 2.05) is 0 Å². The van der Waals surface area contributed by atoms with Gasteiger partial charge in [-0.15, -0.1) is 0 Å². The van der Waals surface area contributed by atoms with Gasteiger partial charge in [0.1, 0.15) is 0 Å². The zero-order chi connectivity index (χ0) is 13.5. The summed E-state index contributed by atoms with van der Waals surface area (Å²) < 4.78 is 85.3. The Morgan fingerprint density at radius 1 is 0.500 bits per heavy atom. The zero-order valence-electron chi connectivity index (χ0n) is 8.63. The summed E-state index contributed by atoms with van der Waals surface area (Å²) in [5.41, 5.74) is 0. The summed E-state index contributed by atoms with van der Waals surface area (Å²) in [5.74, 6) is 0. The molecule has 0 aliphatic heterocycles. The van der Waals surface area contributed by atoms with E-state index in [9.17, 15) is 0 Å². The van der Waals surface area contributed by atoms with Crippen LogP contribution in [-0.4, -0.2) is 86.9 Å². The molecule has 0 saturated heterocycles. The van der Waals surface area contributed by atoms with E-state index in [0.29, 0.717) is 0 Å². The molecule has 18 heavy (non-hydrogen) atoms. The van der Waals surface area contributed by atoms with Crippen molar-refractivity contribution in [3.63, 3.8) is 0 Å². The molecule has 0 saturated carbocycles. The molecule has 18 heteroatoms. The molecule has 0 atom stereocenters. The minimum atomic E-state index is -2.19. The molecule has 0 aliphatic rings. The van der Waals surface area contributed by atoms with Crippen molar-refractivity contribution in [2.45, 2.75) is 0 Å². The monoisotopic (exact) mass is 585 g/mol. The van der Waals surface area contributed by atoms with Crippen LogP contribution in [0.2, 0.25) is 0 Å². The summed E-state index contributed by atoms with van der Waals surface area (Å²) in [6, 6.07) is 0. The van der Waals surface area contributed by atoms with E-state index in [4.69, 9.17) is 39.6 Å². The van der Waals surface area contributed by atoms with Crippen LogP contribution in [0.25, 0.3) is 0 Å². The van der Waals surface area contributed by atoms with Crippen molar-refractivity contribution in [3.05, 3.63) is 0 Å². The summed E-state index contributed by atoms with van der Waals surface area (Å²) in [7, 11) is 0. The first-order valence-electron chi connectivity index (χ1n) is 2.36. The maximum absolute atomic E-state index is 8.53. The van der Waals surface area contributed by atoms with E-state index in [1.54, 1.807) is 0 Å². The molecule has 0 aromatic heterocycles. The van der Waals surface area contributed by atoms with E-state index in [1.165, 1.54) is 0 Å². The van der Waals surface area contributed by atoms with Gasteiger partial charge in [0.2, 0.25) is 0 Å². The SMILES string of the molecule is [B+3].[F].[OH4+2].[O]=[GeH][O-].[O]=[GeH][O-].[O]=[GeH][O-].[O]=[GeH][O-].[O]=[GeH][O-]. The second-order valence-electron chi connectivity index (χ2n) is 0.481. The fourth-order valence-corrected chi connectivity index (χ4v) is 0. The zero-order valence-corrected chi connectivity index (χ0v) is 20.7. The Hall–Kier alpha value is 0.669. The van der Waals surface area contributed by atoms with Gasteiger partial charge in [0.05, 0.1) is 0 Å². The fraction of sp³-hybridized carbons (Fsp3) is 0. The van der Waals surface area contributed by atoms with E-state index in [0.717, 1.165) is 0 Å². The van der Waals surface area contributed by atoms with Crippen LogP contribution in [0.15, 0.2) is 0 Å². The molecule has 0 aromatic rings. The molecular weight excluding hydrogens is 569 g/mol. The Bertz CT molecular complexity index is 97.8. The number of halogens is 1. The number of hydrogen-bond donors (Lipinski definition) is 0. The molecule has 0 aromatic carbocycles. The van der Waals surface area contributed by atoms with E-state index >= 15 is 0 Å². The Morgan fingerprint density at radius 2 is 0.500 bits per heavy atom. The summed E-state index contributed by atoms with van der Waals surface area (Å²) in [6.45, 7) is 0. The predicted molar refractivity (Wildman–Crippen MR) is 52.3 cm³/mol. The molecular formula is H9BFGe5O11. The molecule has 0 spiro atoms. The quantitative estimate of drug-likeness (QED) is 0.246. The summed E-state index contributed by atoms with van der Waals surface area (Å²) in [4.78, 5) is 0. The van der Waals surface area contributed by atoms with Gasteiger partial charge in [-0.1, -0.05) is 0 Å². The van der Waals surface area contributed by atoms with Crippen LogP contribution in [0.4, 0.5) is 4.70 Å². The van der Waals surface area contributed by atoms with Gasteiger partial charge in [0, 0.05) is 4.70 Å². The van der Waals surface area contributed by atoms with Crippen molar-refractivity contribution in [2.75, 3.05) is 0 Å². The van der Waals surface area contributed by atoms with Crippen LogP contribution in [0.5, 0.6) is 0 Å². The van der Waals surface area contributed by atoms with Gasteiger partial charge in [0.25, 0.3) is 0 Å². The summed E-state index contributed by atoms with van der Waals surface area (Å²) in [5, 5.41) is 0. The van der Waals surface area contributed by atoms with Gasteiger partial charge in [-0.2, -0.15) is 0 Å². The van der Waals surface area contributed by atoms with Gasteiger partial charge in [-0.05, 0) is 0 Å². The average molecular weight is 578 g/mol. The summed E-state index contributed by atoms with van der Waals surface area (Å²) >= 11 is -10.9. The van der Waals surface area contributed by atoms with E-state index < -0.39 is 78.5 Å². The fourth-order valence-electron chi connectivity index (χ4n) is 0. The van der Waals surface area contributed by atoms with Gasteiger partial charge < -0.3 is 5.48 Å². The van der Waals surface area contributed by atoms with E-state index in [2.05, 4.69) is 0 Å². The van der Waals surface area contributed by atoms with Crippen molar-refractivity contribution in [2.24, 2.45) is 0 Å². The molecule has 0 rings (SSSR count). The first-order chi connectivity index (χ1) is 7.07. The standard InChI is InChI=1S/B.F.5GeHO2.H4O/c;;5*2-1-3;/h;;5*1H;1H4/q+3;;5*-1;+2. The third-order valence-corrected chi connectivity index (χ3v) is 0. The van der Waals surface area contributed by atoms with Gasteiger partial charge >= 0.3 is 126 Å². The topological polar surface area (TPSA) is 235 Å². The Balaban J connectivity index is -0.0000000111. The molecule has 0 fully saturated rings. The van der Waals surface area contributed by atoms with Crippen molar-refractivity contribution < 1.29 is 49.7 Å². The molecule has 0 amide bonds. The Kier molecular flexibility index (Phi) is 435. The molecule has 0 aliphatic carbocycles. The first-order valence-corrected chi connectivity index (χ1v) is 12.2. The second-order valence-corrected chi connectivity index (χ2v) is 2.50. The van der Waals surface area contributed by atoms with Crippen LogP contribution in [0, 0.1) is 0 Å². The predicted octanol–water partition coefficient (Wildman–Crippen LogP) is -10.9. The average Bonchev–Trinajstić information content (AvgIpc) is 2.09. The van der Waals surface area contributed by atoms with E-state index in [-0.39, 0.29) is 18.6 Å². The molecule has 0 bridgehead atoms. The van der Waals surface area contributed by atoms with Crippen molar-refractivity contribution in [1.29, 1.82) is 0 Å². The van der Waals surface area contributed by atoms with Crippen LogP contribution in [0.3, 0.4) is 0 Å². The Morgan fingerprint density at radius 3 is 0.500 bits per heavy atom. The van der Waals surface area contributed by atoms with Crippen molar-refractivity contribution in [3.8, 4) is 0 Å². The van der Waals surface area contributed by atoms with Crippen LogP contribution < -0.4 is 20.7 Å². The molecule has 0 unspecified atom stereocenters. The van der Waals surface area contributed by atoms with Gasteiger partial charge in [0.15, 0.2) is 0 Å². The van der Waals surface area contributed by atoms with Crippen molar-refractivity contribution >= 4 is 86.9 Å². The third kappa shape index (κ3) is 9140. The molecule has 4 N–H and O–H groups in total. The second kappa shape index (κ2) is 153. The van der Waals surface area contributed by atoms with Crippen LogP contribution >= 0.6 is 0 Å². The normalized spacial score (nSPS) is 3.33. The third-order valence-electron chi connectivity index (χ3n) is 0. The van der Waals surface area contributed by atoms with Gasteiger partial charge in [-0.3, -0.25) is 0 Å². The molecule has 105 valence electrons. The first kappa shape index (κ1) is 51.2.